The monoisotopic (exact) mass is 237 g/mol. The fourth-order valence-corrected chi connectivity index (χ4v) is 2.03. The highest BCUT2D eigenvalue weighted by Gasteiger charge is 2.01. The summed E-state index contributed by atoms with van der Waals surface area (Å²) in [5.41, 5.74) is 4.95. The fraction of sp³-hybridized carbons (Fsp3) is 0.176. The van der Waals surface area contributed by atoms with Crippen molar-refractivity contribution < 1.29 is 0 Å². The first-order chi connectivity index (χ1) is 8.83. The standard InChI is InChI=1S/C17H19N/c1-3-7-16-12-17(11-10-15(16)4-2)18-13-14-8-5-6-9-14/h3-8,10-12,18H,2,9,13H2,1H3/b7-3+. The Kier molecular flexibility index (Phi) is 4.19. The molecule has 0 aromatic heterocycles. The number of benzene rings is 1. The first-order valence-corrected chi connectivity index (χ1v) is 6.31. The van der Waals surface area contributed by atoms with Crippen LogP contribution in [-0.2, 0) is 0 Å². The van der Waals surface area contributed by atoms with E-state index in [4.69, 9.17) is 0 Å². The topological polar surface area (TPSA) is 12.0 Å². The molecule has 1 aliphatic carbocycles. The molecule has 0 fully saturated rings. The number of nitrogens with one attached hydrogen (secondary N) is 1. The Labute approximate surface area is 109 Å². The largest absolute Gasteiger partial charge is 0.381 e. The minimum Gasteiger partial charge on any atom is -0.381 e. The van der Waals surface area contributed by atoms with Crippen LogP contribution in [0.1, 0.15) is 24.5 Å². The van der Waals surface area contributed by atoms with Crippen molar-refractivity contribution in [1.29, 1.82) is 0 Å². The molecule has 0 aliphatic heterocycles. The summed E-state index contributed by atoms with van der Waals surface area (Å²) in [7, 11) is 0. The van der Waals surface area contributed by atoms with Gasteiger partial charge < -0.3 is 5.32 Å². The highest BCUT2D eigenvalue weighted by atomic mass is 14.9. The van der Waals surface area contributed by atoms with E-state index in [0.717, 1.165) is 18.7 Å². The van der Waals surface area contributed by atoms with Gasteiger partial charge in [-0.05, 0) is 42.2 Å². The van der Waals surface area contributed by atoms with Crippen molar-refractivity contribution in [2.24, 2.45) is 0 Å². The van der Waals surface area contributed by atoms with E-state index in [1.807, 2.05) is 13.0 Å². The van der Waals surface area contributed by atoms with Crippen LogP contribution in [0.15, 0.2) is 54.7 Å². The summed E-state index contributed by atoms with van der Waals surface area (Å²) in [6.45, 7) is 6.78. The highest BCUT2D eigenvalue weighted by molar-refractivity contribution is 5.68. The van der Waals surface area contributed by atoms with Crippen molar-refractivity contribution in [3.05, 3.63) is 65.8 Å². The molecule has 0 saturated heterocycles. The maximum Gasteiger partial charge on any atom is 0.0366 e. The van der Waals surface area contributed by atoms with Gasteiger partial charge in [0.05, 0.1) is 0 Å². The van der Waals surface area contributed by atoms with Gasteiger partial charge in [0.25, 0.3) is 0 Å². The molecule has 1 heteroatoms. The van der Waals surface area contributed by atoms with Crippen LogP contribution in [0.4, 0.5) is 5.69 Å². The SMILES string of the molecule is C=Cc1ccc(NCC2=CC=CC2)cc1/C=C/C. The van der Waals surface area contributed by atoms with Crippen molar-refractivity contribution in [2.45, 2.75) is 13.3 Å². The number of anilines is 1. The van der Waals surface area contributed by atoms with E-state index in [2.05, 4.69) is 60.5 Å². The number of rotatable bonds is 5. The molecule has 0 saturated carbocycles. The first-order valence-electron chi connectivity index (χ1n) is 6.31. The molecule has 0 unspecified atom stereocenters. The zero-order chi connectivity index (χ0) is 12.8. The number of allylic oxidation sites excluding steroid dienone is 4. The molecule has 1 aromatic rings. The minimum absolute atomic E-state index is 0.912. The van der Waals surface area contributed by atoms with Crippen LogP contribution in [0.3, 0.4) is 0 Å². The third-order valence-corrected chi connectivity index (χ3v) is 3.02. The Hall–Kier alpha value is -2.02. The van der Waals surface area contributed by atoms with Crippen molar-refractivity contribution >= 4 is 17.8 Å². The van der Waals surface area contributed by atoms with Gasteiger partial charge in [-0.1, -0.05) is 49.1 Å². The van der Waals surface area contributed by atoms with Gasteiger partial charge in [-0.2, -0.15) is 0 Å². The second-order valence-corrected chi connectivity index (χ2v) is 4.36. The smallest absolute Gasteiger partial charge is 0.0366 e. The molecule has 0 amide bonds. The van der Waals surface area contributed by atoms with E-state index in [-0.39, 0.29) is 0 Å². The summed E-state index contributed by atoms with van der Waals surface area (Å²) in [5.74, 6) is 0. The first kappa shape index (κ1) is 12.4. The minimum atomic E-state index is 0.912. The molecule has 0 heterocycles. The third kappa shape index (κ3) is 3.01. The average Bonchev–Trinajstić information content (AvgIpc) is 2.90. The summed E-state index contributed by atoms with van der Waals surface area (Å²) in [6.07, 6.45) is 13.6. The Morgan fingerprint density at radius 1 is 1.33 bits per heavy atom. The number of hydrogen-bond donors (Lipinski definition) is 1. The predicted octanol–water partition coefficient (Wildman–Crippen LogP) is 4.66. The highest BCUT2D eigenvalue weighted by Crippen LogP contribution is 2.19. The van der Waals surface area contributed by atoms with E-state index in [1.165, 1.54) is 16.7 Å². The van der Waals surface area contributed by atoms with Crippen LogP contribution in [0.25, 0.3) is 12.2 Å². The quantitative estimate of drug-likeness (QED) is 0.785. The van der Waals surface area contributed by atoms with Crippen LogP contribution >= 0.6 is 0 Å². The summed E-state index contributed by atoms with van der Waals surface area (Å²) < 4.78 is 0. The maximum absolute atomic E-state index is 3.84. The summed E-state index contributed by atoms with van der Waals surface area (Å²) in [5, 5.41) is 3.46. The van der Waals surface area contributed by atoms with Crippen molar-refractivity contribution in [3.63, 3.8) is 0 Å². The normalized spacial score (nSPS) is 13.9. The van der Waals surface area contributed by atoms with Gasteiger partial charge in [-0.25, -0.2) is 0 Å². The summed E-state index contributed by atoms with van der Waals surface area (Å²) >= 11 is 0. The Morgan fingerprint density at radius 2 is 2.22 bits per heavy atom. The molecule has 0 radical (unpaired) electrons. The molecule has 0 atom stereocenters. The van der Waals surface area contributed by atoms with E-state index in [9.17, 15) is 0 Å². The maximum atomic E-state index is 3.84. The second-order valence-electron chi connectivity index (χ2n) is 4.36. The molecule has 1 nitrogen and oxygen atoms in total. The van der Waals surface area contributed by atoms with Crippen molar-refractivity contribution in [3.8, 4) is 0 Å². The molecule has 0 bridgehead atoms. The summed E-state index contributed by atoms with van der Waals surface area (Å²) in [4.78, 5) is 0. The second kappa shape index (κ2) is 6.06. The third-order valence-electron chi connectivity index (χ3n) is 3.02. The van der Waals surface area contributed by atoms with Crippen molar-refractivity contribution in [2.75, 3.05) is 11.9 Å². The van der Waals surface area contributed by atoms with Gasteiger partial charge in [-0.15, -0.1) is 0 Å². The molecule has 2 rings (SSSR count). The molecule has 1 N–H and O–H groups in total. The lowest BCUT2D eigenvalue weighted by atomic mass is 10.1. The zero-order valence-corrected chi connectivity index (χ0v) is 10.8. The van der Waals surface area contributed by atoms with Crippen LogP contribution in [-0.4, -0.2) is 6.54 Å². The number of hydrogen-bond acceptors (Lipinski definition) is 1. The lowest BCUT2D eigenvalue weighted by molar-refractivity contribution is 1.14. The molecule has 1 aliphatic rings. The lowest BCUT2D eigenvalue weighted by Gasteiger charge is -2.09. The predicted molar refractivity (Wildman–Crippen MR) is 81.6 cm³/mol. The average molecular weight is 237 g/mol. The Balaban J connectivity index is 2.08. The van der Waals surface area contributed by atoms with Gasteiger partial charge in [0.1, 0.15) is 0 Å². The summed E-state index contributed by atoms with van der Waals surface area (Å²) in [6, 6.07) is 6.37. The van der Waals surface area contributed by atoms with E-state index in [0.29, 0.717) is 0 Å². The van der Waals surface area contributed by atoms with Crippen LogP contribution in [0.5, 0.6) is 0 Å². The van der Waals surface area contributed by atoms with Gasteiger partial charge in [-0.3, -0.25) is 0 Å². The molecular weight excluding hydrogens is 218 g/mol. The van der Waals surface area contributed by atoms with Gasteiger partial charge in [0.2, 0.25) is 0 Å². The van der Waals surface area contributed by atoms with Gasteiger partial charge >= 0.3 is 0 Å². The Morgan fingerprint density at radius 3 is 2.89 bits per heavy atom. The van der Waals surface area contributed by atoms with Gasteiger partial charge in [0, 0.05) is 12.2 Å². The van der Waals surface area contributed by atoms with Crippen LogP contribution < -0.4 is 5.32 Å². The van der Waals surface area contributed by atoms with Crippen LogP contribution in [0.2, 0.25) is 0 Å². The zero-order valence-electron chi connectivity index (χ0n) is 10.8. The molecule has 18 heavy (non-hydrogen) atoms. The van der Waals surface area contributed by atoms with E-state index < -0.39 is 0 Å². The lowest BCUT2D eigenvalue weighted by Crippen LogP contribution is -2.03. The van der Waals surface area contributed by atoms with Crippen LogP contribution in [0, 0.1) is 0 Å². The molecule has 1 aromatic carbocycles. The molecule has 92 valence electrons. The molecular formula is C17H19N. The van der Waals surface area contributed by atoms with E-state index in [1.54, 1.807) is 0 Å². The van der Waals surface area contributed by atoms with Gasteiger partial charge in [0.15, 0.2) is 0 Å². The van der Waals surface area contributed by atoms with Crippen molar-refractivity contribution in [1.82, 2.24) is 0 Å². The Bertz CT molecular complexity index is 518. The molecule has 0 spiro atoms. The van der Waals surface area contributed by atoms with E-state index >= 15 is 0 Å². The fourth-order valence-electron chi connectivity index (χ4n) is 2.03.